The molecule has 0 unspecified atom stereocenters. The van der Waals surface area contributed by atoms with Gasteiger partial charge in [-0.3, -0.25) is 0 Å². The van der Waals surface area contributed by atoms with Crippen LogP contribution in [0.4, 0.5) is 10.5 Å². The average molecular weight is 234 g/mol. The van der Waals surface area contributed by atoms with Gasteiger partial charge in [0.25, 0.3) is 0 Å². The topological polar surface area (TPSA) is 61.4 Å². The predicted octanol–water partition coefficient (Wildman–Crippen LogP) is 2.11. The predicted molar refractivity (Wildman–Crippen MR) is 66.9 cm³/mol. The lowest BCUT2D eigenvalue weighted by Gasteiger charge is -2.28. The van der Waals surface area contributed by atoms with Crippen LogP contribution in [-0.2, 0) is 0 Å². The van der Waals surface area contributed by atoms with Crippen LogP contribution in [0.15, 0.2) is 30.3 Å². The molecule has 1 aromatic rings. The molecule has 17 heavy (non-hydrogen) atoms. The number of hydrogen-bond acceptors (Lipinski definition) is 2. The molecule has 0 aromatic heterocycles. The summed E-state index contributed by atoms with van der Waals surface area (Å²) in [5.74, 6) is 0. The third kappa shape index (κ3) is 3.46. The molecule has 2 rings (SSSR count). The number of hydrogen-bond donors (Lipinski definition) is 3. The van der Waals surface area contributed by atoms with Crippen LogP contribution in [0.2, 0.25) is 0 Å². The summed E-state index contributed by atoms with van der Waals surface area (Å²) >= 11 is 0. The Hall–Kier alpha value is -1.55. The minimum Gasteiger partial charge on any atom is -0.391 e. The largest absolute Gasteiger partial charge is 0.391 e. The van der Waals surface area contributed by atoms with Crippen LogP contribution in [0.5, 0.6) is 0 Å². The van der Waals surface area contributed by atoms with Gasteiger partial charge in [0.1, 0.15) is 0 Å². The molecule has 4 nitrogen and oxygen atoms in total. The van der Waals surface area contributed by atoms with E-state index in [9.17, 15) is 9.90 Å². The lowest BCUT2D eigenvalue weighted by molar-refractivity contribution is 0.0955. The SMILES string of the molecule is O=C(Nc1ccccc1)N[C@@H]1CCCC[C@H]1O. The summed E-state index contributed by atoms with van der Waals surface area (Å²) in [6.45, 7) is 0. The van der Waals surface area contributed by atoms with E-state index in [-0.39, 0.29) is 12.1 Å². The number of aliphatic hydroxyl groups is 1. The van der Waals surface area contributed by atoms with Gasteiger partial charge < -0.3 is 15.7 Å². The standard InChI is InChI=1S/C13H18N2O2/c16-12-9-5-4-8-11(12)15-13(17)14-10-6-2-1-3-7-10/h1-3,6-7,11-12,16H,4-5,8-9H2,(H2,14,15,17)/t11-,12-/m1/s1. The van der Waals surface area contributed by atoms with Gasteiger partial charge >= 0.3 is 6.03 Å². The zero-order valence-electron chi connectivity index (χ0n) is 9.73. The highest BCUT2D eigenvalue weighted by atomic mass is 16.3. The first-order chi connectivity index (χ1) is 8.25. The number of carbonyl (C=O) groups is 1. The molecule has 0 bridgehead atoms. The number of benzene rings is 1. The van der Waals surface area contributed by atoms with Crippen molar-refractivity contribution < 1.29 is 9.90 Å². The summed E-state index contributed by atoms with van der Waals surface area (Å²) in [6.07, 6.45) is 3.32. The highest BCUT2D eigenvalue weighted by Gasteiger charge is 2.24. The molecule has 2 atom stereocenters. The Morgan fingerprint density at radius 2 is 1.88 bits per heavy atom. The maximum absolute atomic E-state index is 11.7. The number of rotatable bonds is 2. The maximum atomic E-state index is 11.7. The van der Waals surface area contributed by atoms with Crippen molar-refractivity contribution in [2.75, 3.05) is 5.32 Å². The van der Waals surface area contributed by atoms with Crippen molar-refractivity contribution in [3.05, 3.63) is 30.3 Å². The van der Waals surface area contributed by atoms with Crippen molar-refractivity contribution in [3.8, 4) is 0 Å². The van der Waals surface area contributed by atoms with Gasteiger partial charge in [0.15, 0.2) is 0 Å². The van der Waals surface area contributed by atoms with E-state index in [2.05, 4.69) is 10.6 Å². The monoisotopic (exact) mass is 234 g/mol. The van der Waals surface area contributed by atoms with Gasteiger partial charge in [-0.1, -0.05) is 31.0 Å². The molecule has 1 aliphatic carbocycles. The molecule has 1 aliphatic rings. The van der Waals surface area contributed by atoms with E-state index in [1.54, 1.807) is 0 Å². The van der Waals surface area contributed by atoms with Crippen LogP contribution in [0, 0.1) is 0 Å². The molecule has 1 fully saturated rings. The van der Waals surface area contributed by atoms with Gasteiger partial charge in [-0.25, -0.2) is 4.79 Å². The van der Waals surface area contributed by atoms with E-state index in [0.717, 1.165) is 31.4 Å². The quantitative estimate of drug-likeness (QED) is 0.734. The Morgan fingerprint density at radius 1 is 1.18 bits per heavy atom. The summed E-state index contributed by atoms with van der Waals surface area (Å²) in [7, 11) is 0. The number of nitrogens with one attached hydrogen (secondary N) is 2. The molecule has 0 aliphatic heterocycles. The van der Waals surface area contributed by atoms with Crippen molar-refractivity contribution in [1.82, 2.24) is 5.32 Å². The highest BCUT2D eigenvalue weighted by Crippen LogP contribution is 2.18. The van der Waals surface area contributed by atoms with Gasteiger partial charge in [0.2, 0.25) is 0 Å². The summed E-state index contributed by atoms with van der Waals surface area (Å²) in [5.41, 5.74) is 0.760. The summed E-state index contributed by atoms with van der Waals surface area (Å²) in [5, 5.41) is 15.3. The molecule has 0 radical (unpaired) electrons. The molecular formula is C13H18N2O2. The third-order valence-electron chi connectivity index (χ3n) is 3.08. The van der Waals surface area contributed by atoms with Crippen LogP contribution < -0.4 is 10.6 Å². The molecule has 1 aromatic carbocycles. The van der Waals surface area contributed by atoms with E-state index < -0.39 is 6.10 Å². The van der Waals surface area contributed by atoms with Crippen molar-refractivity contribution in [2.24, 2.45) is 0 Å². The second kappa shape index (κ2) is 5.68. The van der Waals surface area contributed by atoms with Crippen LogP contribution in [0.25, 0.3) is 0 Å². The highest BCUT2D eigenvalue weighted by molar-refractivity contribution is 5.89. The lowest BCUT2D eigenvalue weighted by Crippen LogP contribution is -2.46. The van der Waals surface area contributed by atoms with Gasteiger partial charge in [-0.15, -0.1) is 0 Å². The summed E-state index contributed by atoms with van der Waals surface area (Å²) < 4.78 is 0. The van der Waals surface area contributed by atoms with E-state index in [1.807, 2.05) is 30.3 Å². The first-order valence-electron chi connectivity index (χ1n) is 6.06. The smallest absolute Gasteiger partial charge is 0.319 e. The normalized spacial score (nSPS) is 24.1. The fourth-order valence-electron chi connectivity index (χ4n) is 2.14. The van der Waals surface area contributed by atoms with Crippen molar-refractivity contribution in [3.63, 3.8) is 0 Å². The second-order valence-corrected chi connectivity index (χ2v) is 4.42. The first-order valence-corrected chi connectivity index (χ1v) is 6.06. The molecule has 0 heterocycles. The number of aliphatic hydroxyl groups excluding tert-OH is 1. The van der Waals surface area contributed by atoms with Crippen LogP contribution >= 0.6 is 0 Å². The number of anilines is 1. The molecule has 1 saturated carbocycles. The fourth-order valence-corrected chi connectivity index (χ4v) is 2.14. The van der Waals surface area contributed by atoms with Gasteiger partial charge in [0, 0.05) is 5.69 Å². The molecular weight excluding hydrogens is 216 g/mol. The minimum absolute atomic E-state index is 0.118. The van der Waals surface area contributed by atoms with Gasteiger partial charge in [-0.2, -0.15) is 0 Å². The summed E-state index contributed by atoms with van der Waals surface area (Å²) in [6, 6.07) is 8.92. The molecule has 4 heteroatoms. The molecule has 0 spiro atoms. The third-order valence-corrected chi connectivity index (χ3v) is 3.08. The van der Waals surface area contributed by atoms with Gasteiger partial charge in [0.05, 0.1) is 12.1 Å². The van der Waals surface area contributed by atoms with E-state index in [0.29, 0.717) is 0 Å². The van der Waals surface area contributed by atoms with E-state index in [1.165, 1.54) is 0 Å². The van der Waals surface area contributed by atoms with E-state index >= 15 is 0 Å². The Labute approximate surface area is 101 Å². The number of para-hydroxylation sites is 1. The van der Waals surface area contributed by atoms with Crippen LogP contribution in [0.3, 0.4) is 0 Å². The van der Waals surface area contributed by atoms with Crippen LogP contribution in [0.1, 0.15) is 25.7 Å². The number of carbonyl (C=O) groups excluding carboxylic acids is 1. The molecule has 3 N–H and O–H groups in total. The minimum atomic E-state index is -0.412. The molecule has 92 valence electrons. The average Bonchev–Trinajstić information content (AvgIpc) is 2.33. The first kappa shape index (κ1) is 11.9. The van der Waals surface area contributed by atoms with E-state index in [4.69, 9.17) is 0 Å². The van der Waals surface area contributed by atoms with Crippen molar-refractivity contribution in [1.29, 1.82) is 0 Å². The lowest BCUT2D eigenvalue weighted by atomic mass is 9.93. The van der Waals surface area contributed by atoms with Crippen molar-refractivity contribution in [2.45, 2.75) is 37.8 Å². The Morgan fingerprint density at radius 3 is 2.59 bits per heavy atom. The summed E-state index contributed by atoms with van der Waals surface area (Å²) in [4.78, 5) is 11.7. The maximum Gasteiger partial charge on any atom is 0.319 e. The fraction of sp³-hybridized carbons (Fsp3) is 0.462. The number of urea groups is 1. The van der Waals surface area contributed by atoms with Gasteiger partial charge in [-0.05, 0) is 25.0 Å². The van der Waals surface area contributed by atoms with Crippen molar-refractivity contribution >= 4 is 11.7 Å². The second-order valence-electron chi connectivity index (χ2n) is 4.42. The Kier molecular flexibility index (Phi) is 3.98. The number of amides is 2. The zero-order chi connectivity index (χ0) is 12.1. The zero-order valence-corrected chi connectivity index (χ0v) is 9.73. The van der Waals surface area contributed by atoms with Crippen LogP contribution in [-0.4, -0.2) is 23.3 Å². The molecule has 0 saturated heterocycles. The Bertz CT molecular complexity index is 367. The molecule has 2 amide bonds. The Balaban J connectivity index is 1.84.